The van der Waals surface area contributed by atoms with Crippen LogP contribution in [0.1, 0.15) is 23.8 Å². The highest BCUT2D eigenvalue weighted by Gasteiger charge is 2.11. The van der Waals surface area contributed by atoms with Crippen LogP contribution in [0.2, 0.25) is 0 Å². The van der Waals surface area contributed by atoms with E-state index in [2.05, 4.69) is 15.6 Å². The Kier molecular flexibility index (Phi) is 7.94. The molecule has 0 aliphatic heterocycles. The monoisotopic (exact) mass is 379 g/mol. The molecule has 2 N–H and O–H groups in total. The molecular weight excluding hydrogens is 354 g/mol. The van der Waals surface area contributed by atoms with E-state index in [0.29, 0.717) is 19.5 Å². The van der Waals surface area contributed by atoms with Gasteiger partial charge in [-0.05, 0) is 30.4 Å². The van der Waals surface area contributed by atoms with Crippen molar-refractivity contribution in [3.63, 3.8) is 0 Å². The van der Waals surface area contributed by atoms with Gasteiger partial charge in [-0.1, -0.05) is 36.4 Å². The van der Waals surface area contributed by atoms with E-state index in [4.69, 9.17) is 0 Å². The number of hydrogen-bond donors (Lipinski definition) is 2. The standard InChI is InChI=1S/C18H25N3O2S2/c1-2-19-18(21-14-17-10-6-12-24-17)20-11-7-13-25(22,23)15-16-8-4-3-5-9-16/h3-6,8-10,12H,2,7,11,13-15H2,1H3,(H2,19,20,21). The second kappa shape index (κ2) is 10.2. The first-order valence-corrected chi connectivity index (χ1v) is 11.1. The van der Waals surface area contributed by atoms with Gasteiger partial charge in [-0.3, -0.25) is 0 Å². The van der Waals surface area contributed by atoms with Gasteiger partial charge in [0.1, 0.15) is 0 Å². The molecule has 1 heterocycles. The highest BCUT2D eigenvalue weighted by molar-refractivity contribution is 7.90. The van der Waals surface area contributed by atoms with Gasteiger partial charge < -0.3 is 10.6 Å². The molecule has 1 aromatic carbocycles. The van der Waals surface area contributed by atoms with Crippen molar-refractivity contribution in [1.29, 1.82) is 0 Å². The van der Waals surface area contributed by atoms with Gasteiger partial charge in [-0.15, -0.1) is 11.3 Å². The average molecular weight is 380 g/mol. The second-order valence-electron chi connectivity index (χ2n) is 5.63. The zero-order chi connectivity index (χ0) is 18.0. The molecule has 0 spiro atoms. The molecule has 0 amide bonds. The number of rotatable bonds is 9. The molecular formula is C18H25N3O2S2. The molecule has 1 aromatic heterocycles. The van der Waals surface area contributed by atoms with Crippen LogP contribution >= 0.6 is 11.3 Å². The van der Waals surface area contributed by atoms with E-state index in [1.165, 1.54) is 4.88 Å². The lowest BCUT2D eigenvalue weighted by molar-refractivity contribution is 0.591. The highest BCUT2D eigenvalue weighted by atomic mass is 32.2. The lowest BCUT2D eigenvalue weighted by Crippen LogP contribution is -2.38. The smallest absolute Gasteiger partial charge is 0.191 e. The van der Waals surface area contributed by atoms with Crippen LogP contribution in [0.15, 0.2) is 52.8 Å². The Balaban J connectivity index is 1.76. The molecule has 25 heavy (non-hydrogen) atoms. The molecule has 0 unspecified atom stereocenters. The largest absolute Gasteiger partial charge is 0.357 e. The number of sulfone groups is 1. The number of nitrogens with one attached hydrogen (secondary N) is 2. The molecule has 7 heteroatoms. The third-order valence-corrected chi connectivity index (χ3v) is 6.02. The number of hydrogen-bond acceptors (Lipinski definition) is 4. The predicted octanol–water partition coefficient (Wildman–Crippen LogP) is 2.81. The van der Waals surface area contributed by atoms with Gasteiger partial charge in [-0.2, -0.15) is 0 Å². The molecule has 0 saturated heterocycles. The maximum atomic E-state index is 12.2. The van der Waals surface area contributed by atoms with Crippen LogP contribution in [-0.4, -0.2) is 33.2 Å². The van der Waals surface area contributed by atoms with Gasteiger partial charge in [0.2, 0.25) is 0 Å². The zero-order valence-electron chi connectivity index (χ0n) is 14.4. The summed E-state index contributed by atoms with van der Waals surface area (Å²) in [5.74, 6) is 0.982. The summed E-state index contributed by atoms with van der Waals surface area (Å²) in [6, 6.07) is 13.4. The summed E-state index contributed by atoms with van der Waals surface area (Å²) in [5.41, 5.74) is 0.835. The fourth-order valence-electron chi connectivity index (χ4n) is 2.30. The molecule has 0 aliphatic rings. The van der Waals surface area contributed by atoms with Crippen molar-refractivity contribution in [2.24, 2.45) is 4.99 Å². The maximum Gasteiger partial charge on any atom is 0.191 e. The zero-order valence-corrected chi connectivity index (χ0v) is 16.1. The molecule has 5 nitrogen and oxygen atoms in total. The maximum absolute atomic E-state index is 12.2. The SMILES string of the molecule is CCNC(=NCc1cccs1)NCCCS(=O)(=O)Cc1ccccc1. The summed E-state index contributed by atoms with van der Waals surface area (Å²) in [6.45, 7) is 3.97. The van der Waals surface area contributed by atoms with E-state index in [9.17, 15) is 8.42 Å². The molecule has 0 atom stereocenters. The molecule has 2 aromatic rings. The van der Waals surface area contributed by atoms with Crippen LogP contribution in [-0.2, 0) is 22.1 Å². The van der Waals surface area contributed by atoms with Crippen molar-refractivity contribution in [3.05, 3.63) is 58.3 Å². The number of nitrogens with zero attached hydrogens (tertiary/aromatic N) is 1. The molecule has 0 fully saturated rings. The second-order valence-corrected chi connectivity index (χ2v) is 8.85. The molecule has 136 valence electrons. The van der Waals surface area contributed by atoms with Crippen molar-refractivity contribution in [2.75, 3.05) is 18.8 Å². The molecule has 2 rings (SSSR count). The first-order valence-electron chi connectivity index (χ1n) is 8.38. The lowest BCUT2D eigenvalue weighted by Gasteiger charge is -2.11. The molecule has 0 saturated carbocycles. The topological polar surface area (TPSA) is 70.6 Å². The van der Waals surface area contributed by atoms with Crippen LogP contribution in [0.25, 0.3) is 0 Å². The number of guanidine groups is 1. The van der Waals surface area contributed by atoms with Gasteiger partial charge in [0.15, 0.2) is 15.8 Å². The van der Waals surface area contributed by atoms with E-state index in [0.717, 1.165) is 18.1 Å². The predicted molar refractivity (Wildman–Crippen MR) is 106 cm³/mol. The van der Waals surface area contributed by atoms with E-state index < -0.39 is 9.84 Å². The van der Waals surface area contributed by atoms with Crippen molar-refractivity contribution in [3.8, 4) is 0 Å². The molecule has 0 aliphatic carbocycles. The number of aliphatic imine (C=N–C) groups is 1. The quantitative estimate of drug-likeness (QED) is 0.399. The fourth-order valence-corrected chi connectivity index (χ4v) is 4.36. The van der Waals surface area contributed by atoms with Crippen LogP contribution in [0.3, 0.4) is 0 Å². The number of thiophene rings is 1. The van der Waals surface area contributed by atoms with Crippen molar-refractivity contribution < 1.29 is 8.42 Å². The summed E-state index contributed by atoms with van der Waals surface area (Å²) in [4.78, 5) is 5.71. The first kappa shape index (κ1) is 19.5. The summed E-state index contributed by atoms with van der Waals surface area (Å²) in [5, 5.41) is 8.41. The molecule has 0 radical (unpaired) electrons. The number of benzene rings is 1. The Hall–Kier alpha value is -1.86. The van der Waals surface area contributed by atoms with Crippen LogP contribution in [0.5, 0.6) is 0 Å². The van der Waals surface area contributed by atoms with Crippen LogP contribution in [0, 0.1) is 0 Å². The molecule has 0 bridgehead atoms. The minimum atomic E-state index is -3.09. The normalized spacial score (nSPS) is 12.1. The summed E-state index contributed by atoms with van der Waals surface area (Å²) >= 11 is 1.67. The van der Waals surface area contributed by atoms with Crippen molar-refractivity contribution in [1.82, 2.24) is 10.6 Å². The van der Waals surface area contributed by atoms with E-state index in [1.54, 1.807) is 11.3 Å². The van der Waals surface area contributed by atoms with Crippen LogP contribution < -0.4 is 10.6 Å². The van der Waals surface area contributed by atoms with Crippen molar-refractivity contribution >= 4 is 27.1 Å². The minimum Gasteiger partial charge on any atom is -0.357 e. The Bertz CT molecular complexity index is 742. The van der Waals surface area contributed by atoms with E-state index in [1.807, 2.05) is 54.8 Å². The summed E-state index contributed by atoms with van der Waals surface area (Å²) in [6.07, 6.45) is 0.554. The van der Waals surface area contributed by atoms with Gasteiger partial charge >= 0.3 is 0 Å². The van der Waals surface area contributed by atoms with Crippen LogP contribution in [0.4, 0.5) is 0 Å². The fraction of sp³-hybridized carbons (Fsp3) is 0.389. The Morgan fingerprint density at radius 2 is 1.92 bits per heavy atom. The Morgan fingerprint density at radius 3 is 2.60 bits per heavy atom. The Morgan fingerprint density at radius 1 is 1.12 bits per heavy atom. The summed E-state index contributed by atoms with van der Waals surface area (Å²) < 4.78 is 24.4. The van der Waals surface area contributed by atoms with Gasteiger partial charge in [0.05, 0.1) is 18.1 Å². The first-order chi connectivity index (χ1) is 12.1. The van der Waals surface area contributed by atoms with E-state index >= 15 is 0 Å². The van der Waals surface area contributed by atoms with Crippen molar-refractivity contribution in [2.45, 2.75) is 25.6 Å². The highest BCUT2D eigenvalue weighted by Crippen LogP contribution is 2.09. The average Bonchev–Trinajstić information content (AvgIpc) is 3.10. The third kappa shape index (κ3) is 7.70. The van der Waals surface area contributed by atoms with Gasteiger partial charge in [0.25, 0.3) is 0 Å². The van der Waals surface area contributed by atoms with Gasteiger partial charge in [0, 0.05) is 18.0 Å². The lowest BCUT2D eigenvalue weighted by atomic mass is 10.2. The minimum absolute atomic E-state index is 0.0976. The summed E-state index contributed by atoms with van der Waals surface area (Å²) in [7, 11) is -3.09. The third-order valence-electron chi connectivity index (χ3n) is 3.47. The van der Waals surface area contributed by atoms with E-state index in [-0.39, 0.29) is 11.5 Å². The Labute approximate surface area is 154 Å². The van der Waals surface area contributed by atoms with Gasteiger partial charge in [-0.25, -0.2) is 13.4 Å².